The number of aryl methyl sites for hydroxylation is 1. The van der Waals surface area contributed by atoms with E-state index in [9.17, 15) is 4.79 Å². The van der Waals surface area contributed by atoms with Gasteiger partial charge >= 0.3 is 6.03 Å². The summed E-state index contributed by atoms with van der Waals surface area (Å²) in [6.45, 7) is 3.09. The molecule has 1 aromatic carbocycles. The average Bonchev–Trinajstić information content (AvgIpc) is 2.88. The van der Waals surface area contributed by atoms with Crippen molar-refractivity contribution in [2.75, 3.05) is 13.1 Å². The lowest BCUT2D eigenvalue weighted by atomic mass is 10.0. The zero-order valence-electron chi connectivity index (χ0n) is 14.6. The number of nitrogens with zero attached hydrogens (tertiary/aromatic N) is 4. The molecule has 0 fully saturated rings. The Morgan fingerprint density at radius 2 is 1.92 bits per heavy atom. The average molecular weight is 339 g/mol. The highest BCUT2D eigenvalue weighted by atomic mass is 16.2. The quantitative estimate of drug-likeness (QED) is 0.933. The Labute approximate surface area is 148 Å². The van der Waals surface area contributed by atoms with E-state index >= 15 is 0 Å². The van der Waals surface area contributed by atoms with Crippen LogP contribution in [0.2, 0.25) is 0 Å². The van der Waals surface area contributed by atoms with Gasteiger partial charge in [0.15, 0.2) is 0 Å². The lowest BCUT2D eigenvalue weighted by Gasteiger charge is -2.28. The second-order valence-corrected chi connectivity index (χ2v) is 6.92. The highest BCUT2D eigenvalue weighted by molar-refractivity contribution is 5.74. The molecule has 4 rings (SSSR count). The second-order valence-electron chi connectivity index (χ2n) is 6.92. The normalized spacial score (nSPS) is 16.7. The summed E-state index contributed by atoms with van der Waals surface area (Å²) in [7, 11) is 0. The van der Waals surface area contributed by atoms with Gasteiger partial charge in [-0.05, 0) is 30.4 Å². The number of urea groups is 1. The maximum atomic E-state index is 12.5. The summed E-state index contributed by atoms with van der Waals surface area (Å²) < 4.78 is 2.25. The van der Waals surface area contributed by atoms with E-state index in [0.29, 0.717) is 13.1 Å². The van der Waals surface area contributed by atoms with Crippen LogP contribution in [0.4, 0.5) is 4.79 Å². The number of rotatable bonds is 3. The Hall–Kier alpha value is -2.37. The van der Waals surface area contributed by atoms with Gasteiger partial charge in [0.05, 0.1) is 0 Å². The Morgan fingerprint density at radius 1 is 1.04 bits per heavy atom. The summed E-state index contributed by atoms with van der Waals surface area (Å²) in [6, 6.07) is 8.39. The zero-order chi connectivity index (χ0) is 17.1. The fraction of sp³-hybridized carbons (Fsp3) is 0.526. The molecule has 2 aliphatic heterocycles. The SMILES string of the molecule is O=C(NCCc1nnc2n1CCCCC2)N1CCc2ccccc2C1. The zero-order valence-corrected chi connectivity index (χ0v) is 14.6. The molecule has 1 N–H and O–H groups in total. The maximum absolute atomic E-state index is 12.5. The Kier molecular flexibility index (Phi) is 4.68. The second kappa shape index (κ2) is 7.25. The summed E-state index contributed by atoms with van der Waals surface area (Å²) in [4.78, 5) is 14.3. The van der Waals surface area contributed by atoms with E-state index in [1.54, 1.807) is 0 Å². The van der Waals surface area contributed by atoms with Crippen molar-refractivity contribution in [1.82, 2.24) is 25.0 Å². The Morgan fingerprint density at radius 3 is 2.84 bits per heavy atom. The first-order valence-corrected chi connectivity index (χ1v) is 9.32. The number of carbonyl (C=O) groups is 1. The van der Waals surface area contributed by atoms with Crippen LogP contribution in [0, 0.1) is 0 Å². The maximum Gasteiger partial charge on any atom is 0.317 e. The molecule has 1 aromatic heterocycles. The highest BCUT2D eigenvalue weighted by Crippen LogP contribution is 2.18. The number of amides is 2. The summed E-state index contributed by atoms with van der Waals surface area (Å²) in [5.74, 6) is 2.10. The van der Waals surface area contributed by atoms with E-state index in [2.05, 4.69) is 38.3 Å². The van der Waals surface area contributed by atoms with Gasteiger partial charge < -0.3 is 14.8 Å². The van der Waals surface area contributed by atoms with Crippen LogP contribution >= 0.6 is 0 Å². The van der Waals surface area contributed by atoms with Crippen molar-refractivity contribution in [2.24, 2.45) is 0 Å². The Balaban J connectivity index is 1.31. The fourth-order valence-corrected chi connectivity index (χ4v) is 3.79. The van der Waals surface area contributed by atoms with E-state index < -0.39 is 0 Å². The minimum absolute atomic E-state index is 0.0186. The van der Waals surface area contributed by atoms with Gasteiger partial charge in [-0.2, -0.15) is 0 Å². The van der Waals surface area contributed by atoms with Gasteiger partial charge in [0.25, 0.3) is 0 Å². The van der Waals surface area contributed by atoms with Crippen molar-refractivity contribution < 1.29 is 4.79 Å². The molecular weight excluding hydrogens is 314 g/mol. The van der Waals surface area contributed by atoms with Crippen LogP contribution < -0.4 is 5.32 Å². The smallest absolute Gasteiger partial charge is 0.317 e. The van der Waals surface area contributed by atoms with Crippen molar-refractivity contribution in [3.63, 3.8) is 0 Å². The minimum atomic E-state index is 0.0186. The van der Waals surface area contributed by atoms with Crippen LogP contribution in [0.1, 0.15) is 42.0 Å². The minimum Gasteiger partial charge on any atom is -0.338 e. The first-order chi connectivity index (χ1) is 12.3. The molecule has 2 aliphatic rings. The first kappa shape index (κ1) is 16.1. The summed E-state index contributed by atoms with van der Waals surface area (Å²) in [6.07, 6.45) is 6.34. The van der Waals surface area contributed by atoms with E-state index in [4.69, 9.17) is 0 Å². The van der Waals surface area contributed by atoms with Gasteiger partial charge in [-0.15, -0.1) is 10.2 Å². The van der Waals surface area contributed by atoms with Gasteiger partial charge in [-0.1, -0.05) is 30.7 Å². The molecule has 0 saturated heterocycles. The largest absolute Gasteiger partial charge is 0.338 e. The molecule has 0 bridgehead atoms. The fourth-order valence-electron chi connectivity index (χ4n) is 3.79. The van der Waals surface area contributed by atoms with Crippen molar-refractivity contribution in [3.8, 4) is 0 Å². The van der Waals surface area contributed by atoms with Crippen molar-refractivity contribution in [1.29, 1.82) is 0 Å². The van der Waals surface area contributed by atoms with E-state index in [1.807, 2.05) is 11.0 Å². The third-order valence-corrected chi connectivity index (χ3v) is 5.23. The number of carbonyl (C=O) groups excluding carboxylic acids is 1. The molecule has 2 aromatic rings. The molecule has 0 saturated carbocycles. The van der Waals surface area contributed by atoms with Crippen LogP contribution in [0.15, 0.2) is 24.3 Å². The number of benzene rings is 1. The summed E-state index contributed by atoms with van der Waals surface area (Å²) >= 11 is 0. The predicted octanol–water partition coefficient (Wildman–Crippen LogP) is 2.31. The van der Waals surface area contributed by atoms with Crippen LogP contribution in [0.5, 0.6) is 0 Å². The third-order valence-electron chi connectivity index (χ3n) is 5.23. The molecule has 0 spiro atoms. The molecule has 6 nitrogen and oxygen atoms in total. The van der Waals surface area contributed by atoms with Crippen molar-refractivity contribution in [2.45, 2.75) is 51.6 Å². The van der Waals surface area contributed by atoms with Crippen molar-refractivity contribution in [3.05, 3.63) is 47.0 Å². The van der Waals surface area contributed by atoms with E-state index in [0.717, 1.165) is 44.0 Å². The number of nitrogens with one attached hydrogen (secondary N) is 1. The third kappa shape index (κ3) is 3.52. The molecule has 0 unspecified atom stereocenters. The van der Waals surface area contributed by atoms with Gasteiger partial charge in [0, 0.05) is 39.0 Å². The number of fused-ring (bicyclic) bond motifs is 2. The van der Waals surface area contributed by atoms with Crippen molar-refractivity contribution >= 4 is 6.03 Å². The molecule has 25 heavy (non-hydrogen) atoms. The van der Waals surface area contributed by atoms with Crippen LogP contribution in [0.25, 0.3) is 0 Å². The molecule has 0 radical (unpaired) electrons. The topological polar surface area (TPSA) is 63.1 Å². The monoisotopic (exact) mass is 339 g/mol. The van der Waals surface area contributed by atoms with Gasteiger partial charge in [-0.3, -0.25) is 0 Å². The number of hydrogen-bond acceptors (Lipinski definition) is 3. The Bertz CT molecular complexity index is 754. The number of hydrogen-bond donors (Lipinski definition) is 1. The molecular formula is C19H25N5O. The lowest BCUT2D eigenvalue weighted by molar-refractivity contribution is 0.192. The molecule has 3 heterocycles. The standard InChI is InChI=1S/C19H25N5O/c25-19(23-13-10-15-6-3-4-7-16(15)14-23)20-11-9-18-22-21-17-8-2-1-5-12-24(17)18/h3-4,6-7H,1-2,5,8-14H2,(H,20,25). The number of aromatic nitrogens is 3. The summed E-state index contributed by atoms with van der Waals surface area (Å²) in [5, 5.41) is 11.7. The van der Waals surface area contributed by atoms with Gasteiger partial charge in [0.2, 0.25) is 0 Å². The predicted molar refractivity (Wildman–Crippen MR) is 95.2 cm³/mol. The molecule has 6 heteroatoms. The van der Waals surface area contributed by atoms with Gasteiger partial charge in [-0.25, -0.2) is 4.79 Å². The van der Waals surface area contributed by atoms with E-state index in [1.165, 1.54) is 30.4 Å². The molecule has 0 atom stereocenters. The molecule has 132 valence electrons. The van der Waals surface area contributed by atoms with Crippen LogP contribution in [-0.2, 0) is 32.4 Å². The molecule has 0 aliphatic carbocycles. The van der Waals surface area contributed by atoms with Crippen LogP contribution in [-0.4, -0.2) is 38.8 Å². The lowest BCUT2D eigenvalue weighted by Crippen LogP contribution is -2.43. The van der Waals surface area contributed by atoms with Gasteiger partial charge in [0.1, 0.15) is 11.6 Å². The van der Waals surface area contributed by atoms with E-state index in [-0.39, 0.29) is 6.03 Å². The van der Waals surface area contributed by atoms with Crippen LogP contribution in [0.3, 0.4) is 0 Å². The first-order valence-electron chi connectivity index (χ1n) is 9.32. The summed E-state index contributed by atoms with van der Waals surface area (Å²) in [5.41, 5.74) is 2.62. The molecule has 2 amide bonds. The highest BCUT2D eigenvalue weighted by Gasteiger charge is 2.20.